The van der Waals surface area contributed by atoms with Gasteiger partial charge in [-0.1, -0.05) is 66.4 Å². The molecule has 0 saturated heterocycles. The maximum Gasteiger partial charge on any atom is 0.191 e. The zero-order valence-corrected chi connectivity index (χ0v) is 16.2. The van der Waals surface area contributed by atoms with E-state index in [0.29, 0.717) is 11.4 Å². The van der Waals surface area contributed by atoms with Crippen LogP contribution in [-0.2, 0) is 5.75 Å². The van der Waals surface area contributed by atoms with Crippen LogP contribution < -0.4 is 0 Å². The summed E-state index contributed by atoms with van der Waals surface area (Å²) in [6, 6.07) is 27.7. The predicted octanol–water partition coefficient (Wildman–Crippen LogP) is 5.11. The molecule has 6 heteroatoms. The van der Waals surface area contributed by atoms with Crippen molar-refractivity contribution in [1.29, 1.82) is 5.26 Å². The van der Waals surface area contributed by atoms with E-state index in [4.69, 9.17) is 20.3 Å². The van der Waals surface area contributed by atoms with Crippen molar-refractivity contribution < 1.29 is 0 Å². The Morgan fingerprint density at radius 2 is 1.62 bits per heavy atom. The first kappa shape index (κ1) is 17.4. The van der Waals surface area contributed by atoms with Crippen molar-refractivity contribution in [1.82, 2.24) is 19.6 Å². The highest BCUT2D eigenvalue weighted by molar-refractivity contribution is 7.98. The van der Waals surface area contributed by atoms with Gasteiger partial charge in [-0.15, -0.1) is 5.10 Å². The minimum absolute atomic E-state index is 0.661. The molecule has 5 rings (SSSR count). The summed E-state index contributed by atoms with van der Waals surface area (Å²) in [4.78, 5) is 9.64. The molecule has 0 spiro atoms. The summed E-state index contributed by atoms with van der Waals surface area (Å²) >= 11 is 1.61. The molecule has 0 atom stereocenters. The van der Waals surface area contributed by atoms with Crippen LogP contribution in [0.5, 0.6) is 0 Å². The van der Waals surface area contributed by atoms with Gasteiger partial charge in [-0.3, -0.25) is 0 Å². The van der Waals surface area contributed by atoms with Crippen molar-refractivity contribution in [3.63, 3.8) is 0 Å². The Hall–Kier alpha value is -3.69. The Balaban J connectivity index is 1.59. The van der Waals surface area contributed by atoms with Crippen LogP contribution in [0.15, 0.2) is 84.0 Å². The van der Waals surface area contributed by atoms with Crippen molar-refractivity contribution in [2.75, 3.05) is 0 Å². The molecular formula is C23H15N5S. The van der Waals surface area contributed by atoms with E-state index < -0.39 is 0 Å². The molecule has 5 nitrogen and oxygen atoms in total. The van der Waals surface area contributed by atoms with Gasteiger partial charge in [0.1, 0.15) is 0 Å². The number of rotatable bonds is 4. The van der Waals surface area contributed by atoms with Crippen LogP contribution in [0.25, 0.3) is 27.9 Å². The van der Waals surface area contributed by atoms with Crippen molar-refractivity contribution in [2.45, 2.75) is 10.9 Å². The average molecular weight is 393 g/mol. The lowest BCUT2D eigenvalue weighted by Crippen LogP contribution is -1.98. The van der Waals surface area contributed by atoms with Gasteiger partial charge in [0.2, 0.25) is 0 Å². The second-order valence-corrected chi connectivity index (χ2v) is 7.49. The van der Waals surface area contributed by atoms with Crippen LogP contribution in [0.3, 0.4) is 0 Å². The highest BCUT2D eigenvalue weighted by Crippen LogP contribution is 2.28. The van der Waals surface area contributed by atoms with E-state index in [1.807, 2.05) is 83.4 Å². The van der Waals surface area contributed by atoms with Crippen molar-refractivity contribution in [3.8, 4) is 17.5 Å². The van der Waals surface area contributed by atoms with Gasteiger partial charge in [-0.2, -0.15) is 9.78 Å². The molecule has 0 aliphatic heterocycles. The number of fused-ring (bicyclic) bond motifs is 3. The summed E-state index contributed by atoms with van der Waals surface area (Å²) in [5.41, 5.74) is 4.46. The Labute approximate surface area is 171 Å². The van der Waals surface area contributed by atoms with Gasteiger partial charge in [-0.05, 0) is 29.8 Å². The van der Waals surface area contributed by atoms with E-state index in [1.165, 1.54) is 0 Å². The number of aromatic nitrogens is 4. The van der Waals surface area contributed by atoms with E-state index >= 15 is 0 Å². The smallest absolute Gasteiger partial charge is 0.191 e. The molecule has 2 aromatic heterocycles. The lowest BCUT2D eigenvalue weighted by Gasteiger charge is -2.06. The molecule has 138 valence electrons. The molecule has 0 unspecified atom stereocenters. The molecule has 0 amide bonds. The largest absolute Gasteiger partial charge is 0.222 e. The molecule has 29 heavy (non-hydrogen) atoms. The molecule has 0 radical (unpaired) electrons. The van der Waals surface area contributed by atoms with Crippen LogP contribution in [0.4, 0.5) is 0 Å². The van der Waals surface area contributed by atoms with Gasteiger partial charge >= 0.3 is 0 Å². The molecule has 0 bridgehead atoms. The first-order valence-electron chi connectivity index (χ1n) is 9.14. The fraction of sp³-hybridized carbons (Fsp3) is 0.0435. The third kappa shape index (κ3) is 3.33. The average Bonchev–Trinajstić information content (AvgIpc) is 3.24. The molecule has 3 aromatic carbocycles. The Bertz CT molecular complexity index is 1350. The fourth-order valence-electron chi connectivity index (χ4n) is 3.16. The zero-order valence-electron chi connectivity index (χ0n) is 15.4. The minimum atomic E-state index is 0.661. The number of nitriles is 1. The summed E-state index contributed by atoms with van der Waals surface area (Å²) in [7, 11) is 0. The normalized spacial score (nSPS) is 11.0. The molecule has 0 aliphatic carbocycles. The van der Waals surface area contributed by atoms with Crippen LogP contribution in [0.2, 0.25) is 0 Å². The summed E-state index contributed by atoms with van der Waals surface area (Å²) < 4.78 is 1.83. The van der Waals surface area contributed by atoms with E-state index in [-0.39, 0.29) is 0 Å². The Morgan fingerprint density at radius 3 is 2.41 bits per heavy atom. The summed E-state index contributed by atoms with van der Waals surface area (Å²) in [5.74, 6) is 1.41. The highest BCUT2D eigenvalue weighted by Gasteiger charge is 2.14. The molecular weight excluding hydrogens is 378 g/mol. The zero-order chi connectivity index (χ0) is 19.6. The summed E-state index contributed by atoms with van der Waals surface area (Å²) in [6.45, 7) is 0. The number of hydrogen-bond donors (Lipinski definition) is 0. The second kappa shape index (κ2) is 7.38. The topological polar surface area (TPSA) is 66.9 Å². The Kier molecular flexibility index (Phi) is 4.43. The molecule has 5 aromatic rings. The van der Waals surface area contributed by atoms with E-state index in [9.17, 15) is 0 Å². The number of nitrogens with zero attached hydrogens (tertiary/aromatic N) is 5. The third-order valence-corrected chi connectivity index (χ3v) is 5.63. The van der Waals surface area contributed by atoms with Crippen molar-refractivity contribution in [2.24, 2.45) is 0 Å². The van der Waals surface area contributed by atoms with Gasteiger partial charge in [0.15, 0.2) is 16.6 Å². The first-order valence-corrected chi connectivity index (χ1v) is 10.1. The number of para-hydroxylation sites is 1. The van der Waals surface area contributed by atoms with Gasteiger partial charge in [0.25, 0.3) is 0 Å². The van der Waals surface area contributed by atoms with Gasteiger partial charge in [-0.25, -0.2) is 9.97 Å². The molecule has 0 N–H and O–H groups in total. The predicted molar refractivity (Wildman–Crippen MR) is 114 cm³/mol. The minimum Gasteiger partial charge on any atom is -0.222 e. The van der Waals surface area contributed by atoms with Gasteiger partial charge < -0.3 is 0 Å². The van der Waals surface area contributed by atoms with E-state index in [2.05, 4.69) is 6.07 Å². The second-order valence-electron chi connectivity index (χ2n) is 6.55. The first-order chi connectivity index (χ1) is 14.3. The SMILES string of the molecule is N#Cc1ccc(CSc2nc3ccccc3c3nc(-c4ccccc4)nn23)cc1. The maximum absolute atomic E-state index is 8.97. The van der Waals surface area contributed by atoms with Crippen LogP contribution >= 0.6 is 11.8 Å². The summed E-state index contributed by atoms with van der Waals surface area (Å²) in [5, 5.41) is 15.5. The van der Waals surface area contributed by atoms with E-state index in [0.717, 1.165) is 38.6 Å². The number of hydrogen-bond acceptors (Lipinski definition) is 5. The fourth-order valence-corrected chi connectivity index (χ4v) is 4.06. The van der Waals surface area contributed by atoms with Gasteiger partial charge in [0, 0.05) is 16.7 Å². The summed E-state index contributed by atoms with van der Waals surface area (Å²) in [6.07, 6.45) is 0. The van der Waals surface area contributed by atoms with Gasteiger partial charge in [0.05, 0.1) is 17.1 Å². The standard InChI is InChI=1S/C23H15N5S/c24-14-16-10-12-17(13-11-16)15-29-23-25-20-9-5-4-8-19(20)22-26-21(27-28(22)23)18-6-2-1-3-7-18/h1-13H,15H2. The monoisotopic (exact) mass is 393 g/mol. The molecule has 0 saturated carbocycles. The molecule has 0 aliphatic rings. The quantitative estimate of drug-likeness (QED) is 0.314. The molecule has 2 heterocycles. The maximum atomic E-state index is 8.97. The lowest BCUT2D eigenvalue weighted by molar-refractivity contribution is 0.811. The van der Waals surface area contributed by atoms with Crippen molar-refractivity contribution in [3.05, 3.63) is 90.0 Å². The van der Waals surface area contributed by atoms with Crippen LogP contribution in [-0.4, -0.2) is 19.6 Å². The lowest BCUT2D eigenvalue weighted by atomic mass is 10.2. The van der Waals surface area contributed by atoms with Crippen molar-refractivity contribution >= 4 is 28.3 Å². The van der Waals surface area contributed by atoms with Crippen LogP contribution in [0, 0.1) is 11.3 Å². The van der Waals surface area contributed by atoms with Crippen LogP contribution in [0.1, 0.15) is 11.1 Å². The third-order valence-electron chi connectivity index (χ3n) is 4.63. The number of thioether (sulfide) groups is 1. The highest BCUT2D eigenvalue weighted by atomic mass is 32.2. The Morgan fingerprint density at radius 1 is 0.862 bits per heavy atom. The van der Waals surface area contributed by atoms with E-state index in [1.54, 1.807) is 11.8 Å². The number of benzene rings is 3. The molecule has 0 fully saturated rings.